The average Bonchev–Trinajstić information content (AvgIpc) is 3.01. The van der Waals surface area contributed by atoms with Crippen LogP contribution in [0.3, 0.4) is 0 Å². The zero-order chi connectivity index (χ0) is 20.5. The van der Waals surface area contributed by atoms with Crippen molar-refractivity contribution >= 4 is 34.7 Å². The molecule has 3 aromatic rings. The molecule has 1 aromatic carbocycles. The Bertz CT molecular complexity index is 1050. The SMILES string of the molecule is CC(=O)Nc1ccc(C(=O)NCc2nnc3c(C(F)(F)F)cc(Cl)cn23)cc1. The predicted molar refractivity (Wildman–Crippen MR) is 94.9 cm³/mol. The molecule has 0 aliphatic heterocycles. The molecule has 2 aromatic heterocycles. The van der Waals surface area contributed by atoms with Gasteiger partial charge in [0, 0.05) is 24.4 Å². The molecule has 0 fully saturated rings. The van der Waals surface area contributed by atoms with E-state index in [4.69, 9.17) is 11.6 Å². The molecule has 0 aliphatic carbocycles. The quantitative estimate of drug-likeness (QED) is 0.689. The van der Waals surface area contributed by atoms with Crippen LogP contribution in [0.4, 0.5) is 18.9 Å². The molecule has 0 spiro atoms. The Labute approximate surface area is 161 Å². The first-order valence-electron chi connectivity index (χ1n) is 7.91. The van der Waals surface area contributed by atoms with E-state index in [1.165, 1.54) is 25.3 Å². The number of carbonyl (C=O) groups is 2. The van der Waals surface area contributed by atoms with E-state index in [2.05, 4.69) is 20.8 Å². The van der Waals surface area contributed by atoms with E-state index in [1.807, 2.05) is 0 Å². The third-order valence-corrected chi connectivity index (χ3v) is 3.93. The average molecular weight is 412 g/mol. The number of hydrogen-bond acceptors (Lipinski definition) is 4. The Hall–Kier alpha value is -3.14. The van der Waals surface area contributed by atoms with Gasteiger partial charge in [-0.15, -0.1) is 10.2 Å². The minimum atomic E-state index is -4.64. The van der Waals surface area contributed by atoms with Crippen molar-refractivity contribution in [3.8, 4) is 0 Å². The smallest absolute Gasteiger partial charge is 0.345 e. The molecule has 0 saturated heterocycles. The maximum Gasteiger partial charge on any atom is 0.420 e. The van der Waals surface area contributed by atoms with Gasteiger partial charge in [0.05, 0.1) is 11.6 Å². The number of nitrogens with one attached hydrogen (secondary N) is 2. The van der Waals surface area contributed by atoms with Crippen molar-refractivity contribution in [3.05, 3.63) is 58.5 Å². The van der Waals surface area contributed by atoms with Gasteiger partial charge in [-0.1, -0.05) is 11.6 Å². The molecule has 3 rings (SSSR count). The summed E-state index contributed by atoms with van der Waals surface area (Å²) in [6.07, 6.45) is -3.40. The van der Waals surface area contributed by atoms with E-state index < -0.39 is 23.3 Å². The molecule has 11 heteroatoms. The Morgan fingerprint density at radius 1 is 1.18 bits per heavy atom. The van der Waals surface area contributed by atoms with Crippen LogP contribution in [-0.4, -0.2) is 26.4 Å². The monoisotopic (exact) mass is 411 g/mol. The number of benzene rings is 1. The first kappa shape index (κ1) is 19.6. The fraction of sp³-hybridized carbons (Fsp3) is 0.176. The number of aromatic nitrogens is 3. The highest BCUT2D eigenvalue weighted by Crippen LogP contribution is 2.33. The van der Waals surface area contributed by atoms with E-state index in [-0.39, 0.29) is 23.3 Å². The third kappa shape index (κ3) is 4.22. The second-order valence-electron chi connectivity index (χ2n) is 5.82. The molecule has 0 aliphatic rings. The third-order valence-electron chi connectivity index (χ3n) is 3.72. The normalized spacial score (nSPS) is 11.5. The lowest BCUT2D eigenvalue weighted by Crippen LogP contribution is -2.24. The zero-order valence-electron chi connectivity index (χ0n) is 14.3. The van der Waals surface area contributed by atoms with Crippen LogP contribution in [0.15, 0.2) is 36.5 Å². The van der Waals surface area contributed by atoms with Crippen molar-refractivity contribution < 1.29 is 22.8 Å². The molecule has 2 N–H and O–H groups in total. The summed E-state index contributed by atoms with van der Waals surface area (Å²) >= 11 is 5.77. The number of fused-ring (bicyclic) bond motifs is 1. The molecule has 146 valence electrons. The number of nitrogens with zero attached hydrogens (tertiary/aromatic N) is 3. The number of rotatable bonds is 4. The van der Waals surface area contributed by atoms with Crippen molar-refractivity contribution in [3.63, 3.8) is 0 Å². The molecule has 0 radical (unpaired) electrons. The summed E-state index contributed by atoms with van der Waals surface area (Å²) in [5.41, 5.74) is -0.585. The van der Waals surface area contributed by atoms with Crippen molar-refractivity contribution in [2.24, 2.45) is 0 Å². The van der Waals surface area contributed by atoms with Crippen LogP contribution in [0.2, 0.25) is 5.02 Å². The number of anilines is 1. The summed E-state index contributed by atoms with van der Waals surface area (Å²) in [5, 5.41) is 12.3. The molecule has 0 atom stereocenters. The minimum Gasteiger partial charge on any atom is -0.345 e. The molecule has 28 heavy (non-hydrogen) atoms. The predicted octanol–water partition coefficient (Wildman–Crippen LogP) is 3.29. The number of hydrogen-bond donors (Lipinski definition) is 2. The molecule has 2 amide bonds. The lowest BCUT2D eigenvalue weighted by atomic mass is 10.2. The fourth-order valence-corrected chi connectivity index (χ4v) is 2.71. The van der Waals surface area contributed by atoms with Gasteiger partial charge >= 0.3 is 6.18 Å². The molecule has 0 bridgehead atoms. The van der Waals surface area contributed by atoms with Gasteiger partial charge in [-0.3, -0.25) is 14.0 Å². The molecule has 0 saturated carbocycles. The second kappa shape index (κ2) is 7.47. The molecular weight excluding hydrogens is 399 g/mol. The van der Waals surface area contributed by atoms with Gasteiger partial charge in [-0.05, 0) is 30.3 Å². The first-order valence-corrected chi connectivity index (χ1v) is 8.29. The van der Waals surface area contributed by atoms with Crippen LogP contribution in [0.25, 0.3) is 5.65 Å². The van der Waals surface area contributed by atoms with Crippen LogP contribution in [-0.2, 0) is 17.5 Å². The molecule has 0 unspecified atom stereocenters. The maximum atomic E-state index is 13.1. The molecule has 2 heterocycles. The lowest BCUT2D eigenvalue weighted by Gasteiger charge is -2.09. The van der Waals surface area contributed by atoms with E-state index >= 15 is 0 Å². The van der Waals surface area contributed by atoms with E-state index in [9.17, 15) is 22.8 Å². The number of carbonyl (C=O) groups excluding carboxylic acids is 2. The number of amides is 2. The van der Waals surface area contributed by atoms with Crippen LogP contribution in [0, 0.1) is 0 Å². The highest BCUT2D eigenvalue weighted by Gasteiger charge is 2.35. The fourth-order valence-electron chi connectivity index (χ4n) is 2.50. The topological polar surface area (TPSA) is 88.4 Å². The van der Waals surface area contributed by atoms with E-state index in [1.54, 1.807) is 12.1 Å². The van der Waals surface area contributed by atoms with Crippen LogP contribution < -0.4 is 10.6 Å². The van der Waals surface area contributed by atoms with Gasteiger partial charge in [0.25, 0.3) is 5.91 Å². The number of pyridine rings is 1. The Kier molecular flexibility index (Phi) is 5.23. The van der Waals surface area contributed by atoms with Gasteiger partial charge < -0.3 is 10.6 Å². The summed E-state index contributed by atoms with van der Waals surface area (Å²) in [6.45, 7) is 1.20. The highest BCUT2D eigenvalue weighted by molar-refractivity contribution is 6.30. The minimum absolute atomic E-state index is 0.0891. The van der Waals surface area contributed by atoms with Crippen LogP contribution in [0.5, 0.6) is 0 Å². The summed E-state index contributed by atoms with van der Waals surface area (Å²) in [5.74, 6) is -0.622. The summed E-state index contributed by atoms with van der Waals surface area (Å²) < 4.78 is 40.4. The summed E-state index contributed by atoms with van der Waals surface area (Å²) in [7, 11) is 0. The lowest BCUT2D eigenvalue weighted by molar-refractivity contribution is -0.136. The van der Waals surface area contributed by atoms with Gasteiger partial charge in [0.15, 0.2) is 11.5 Å². The Balaban J connectivity index is 1.77. The van der Waals surface area contributed by atoms with Crippen LogP contribution >= 0.6 is 11.6 Å². The number of alkyl halides is 3. The number of halogens is 4. The summed E-state index contributed by atoms with van der Waals surface area (Å²) in [4.78, 5) is 23.2. The van der Waals surface area contributed by atoms with Crippen molar-refractivity contribution in [1.82, 2.24) is 19.9 Å². The van der Waals surface area contributed by atoms with Crippen molar-refractivity contribution in [2.45, 2.75) is 19.6 Å². The van der Waals surface area contributed by atoms with Gasteiger partial charge in [-0.2, -0.15) is 13.2 Å². The maximum absolute atomic E-state index is 13.1. The highest BCUT2D eigenvalue weighted by atomic mass is 35.5. The van der Waals surface area contributed by atoms with Crippen LogP contribution in [0.1, 0.15) is 28.7 Å². The van der Waals surface area contributed by atoms with Gasteiger partial charge in [0.2, 0.25) is 5.91 Å². The largest absolute Gasteiger partial charge is 0.420 e. The van der Waals surface area contributed by atoms with Gasteiger partial charge in [0.1, 0.15) is 5.56 Å². The molecule has 7 nitrogen and oxygen atoms in total. The van der Waals surface area contributed by atoms with Gasteiger partial charge in [-0.25, -0.2) is 0 Å². The first-order chi connectivity index (χ1) is 13.1. The van der Waals surface area contributed by atoms with Crippen molar-refractivity contribution in [1.29, 1.82) is 0 Å². The molecular formula is C17H13ClF3N5O2. The standard InChI is InChI=1S/C17H13ClF3N5O2/c1-9(27)23-12-4-2-10(3-5-12)16(28)22-7-14-24-25-15-13(17(19,20)21)6-11(18)8-26(14)15/h2-6,8H,7H2,1H3,(H,22,28)(H,23,27). The van der Waals surface area contributed by atoms with E-state index in [0.717, 1.165) is 10.5 Å². The summed E-state index contributed by atoms with van der Waals surface area (Å²) in [6, 6.07) is 6.88. The Morgan fingerprint density at radius 2 is 1.86 bits per heavy atom. The Morgan fingerprint density at radius 3 is 2.46 bits per heavy atom. The van der Waals surface area contributed by atoms with E-state index in [0.29, 0.717) is 11.3 Å². The van der Waals surface area contributed by atoms with Crippen molar-refractivity contribution in [2.75, 3.05) is 5.32 Å². The zero-order valence-corrected chi connectivity index (χ0v) is 15.1. The second-order valence-corrected chi connectivity index (χ2v) is 6.26.